The van der Waals surface area contributed by atoms with Crippen molar-refractivity contribution < 1.29 is 4.42 Å². The molecule has 0 amide bonds. The summed E-state index contributed by atoms with van der Waals surface area (Å²) in [7, 11) is 0. The Kier molecular flexibility index (Phi) is 7.78. The van der Waals surface area contributed by atoms with Crippen molar-refractivity contribution in [3.05, 3.63) is 218 Å². The molecular formula is C58H36N2OS. The smallest absolute Gasteiger partial charge is 0.143 e. The van der Waals surface area contributed by atoms with Crippen molar-refractivity contribution in [2.75, 3.05) is 4.90 Å². The van der Waals surface area contributed by atoms with Crippen molar-refractivity contribution in [2.45, 2.75) is 0 Å². The molecule has 0 N–H and O–H groups in total. The first kappa shape index (κ1) is 34.9. The highest BCUT2D eigenvalue weighted by Crippen LogP contribution is 2.47. The summed E-state index contributed by atoms with van der Waals surface area (Å²) in [6, 6.07) is 79.1. The van der Waals surface area contributed by atoms with Gasteiger partial charge in [-0.15, -0.1) is 11.3 Å². The van der Waals surface area contributed by atoms with Crippen LogP contribution in [0.5, 0.6) is 0 Å². The molecule has 3 nitrogen and oxygen atoms in total. The number of para-hydroxylation sites is 3. The molecule has 0 spiro atoms. The van der Waals surface area contributed by atoms with Crippen LogP contribution in [0.2, 0.25) is 0 Å². The van der Waals surface area contributed by atoms with E-state index in [9.17, 15) is 0 Å². The lowest BCUT2D eigenvalue weighted by molar-refractivity contribution is 0.673. The third-order valence-corrected chi connectivity index (χ3v) is 13.8. The van der Waals surface area contributed by atoms with E-state index in [1.54, 1.807) is 0 Å². The third kappa shape index (κ3) is 5.30. The fourth-order valence-corrected chi connectivity index (χ4v) is 11.1. The highest BCUT2D eigenvalue weighted by Gasteiger charge is 2.22. The van der Waals surface area contributed by atoms with E-state index in [1.165, 1.54) is 58.5 Å². The van der Waals surface area contributed by atoms with Gasteiger partial charge in [-0.3, -0.25) is 0 Å². The van der Waals surface area contributed by atoms with E-state index in [0.29, 0.717) is 0 Å². The summed E-state index contributed by atoms with van der Waals surface area (Å²) in [6.45, 7) is 0. The summed E-state index contributed by atoms with van der Waals surface area (Å²) >= 11 is 1.87. The fraction of sp³-hybridized carbons (Fsp3) is 0. The van der Waals surface area contributed by atoms with Crippen molar-refractivity contribution in [2.24, 2.45) is 0 Å². The number of nitrogens with zero attached hydrogens (tertiary/aromatic N) is 2. The summed E-state index contributed by atoms with van der Waals surface area (Å²) in [5.74, 6) is 0. The van der Waals surface area contributed by atoms with Crippen LogP contribution >= 0.6 is 11.3 Å². The molecule has 0 aliphatic carbocycles. The lowest BCUT2D eigenvalue weighted by atomic mass is 9.96. The van der Waals surface area contributed by atoms with Gasteiger partial charge in [-0.05, 0) is 94.9 Å². The van der Waals surface area contributed by atoms with E-state index in [1.807, 2.05) is 11.3 Å². The minimum Gasteiger partial charge on any atom is -0.455 e. The summed E-state index contributed by atoms with van der Waals surface area (Å²) in [5, 5.41) is 9.65. The average molecular weight is 809 g/mol. The van der Waals surface area contributed by atoms with Crippen molar-refractivity contribution in [1.82, 2.24) is 4.57 Å². The molecule has 0 aliphatic heterocycles. The molecule has 13 rings (SSSR count). The first-order chi connectivity index (χ1) is 30.8. The molecule has 0 aliphatic rings. The fourth-order valence-electron chi connectivity index (χ4n) is 9.82. The molecule has 0 atom stereocenters. The molecule has 0 fully saturated rings. The van der Waals surface area contributed by atoms with Gasteiger partial charge in [0.25, 0.3) is 0 Å². The van der Waals surface area contributed by atoms with Gasteiger partial charge in [0.1, 0.15) is 11.2 Å². The number of aromatic nitrogens is 1. The first-order valence-corrected chi connectivity index (χ1v) is 21.9. The number of rotatable bonds is 6. The molecule has 3 heterocycles. The molecule has 4 heteroatoms. The predicted molar refractivity (Wildman–Crippen MR) is 264 cm³/mol. The second-order valence-electron chi connectivity index (χ2n) is 16.0. The standard InChI is InChI=1S/C58H36N2OS/c1-2-14-42-37(13-1)29-36-50-56-48(20-12-25-54(56)61-57(42)50)46-17-5-7-22-51(46)59(39-30-27-38(28-31-39)43-19-11-21-49-47-18-6-10-26-55(47)62-58(43)49)40-32-34-41(35-33-40)60-52-23-8-3-15-44(52)45-16-4-9-24-53(45)60/h1-36H. The SMILES string of the molecule is c1ccc(N(c2ccc(-c3cccc4c3sc3ccccc34)cc2)c2ccc(-n3c4ccccc4c4ccccc43)cc2)c(-c2cccc3oc4c5ccccc5ccc4c23)c1. The lowest BCUT2D eigenvalue weighted by Gasteiger charge is -2.28. The topological polar surface area (TPSA) is 21.3 Å². The van der Waals surface area contributed by atoms with E-state index in [0.717, 1.165) is 61.2 Å². The zero-order chi connectivity index (χ0) is 40.7. The van der Waals surface area contributed by atoms with Crippen molar-refractivity contribution >= 4 is 103 Å². The van der Waals surface area contributed by atoms with Crippen LogP contribution in [-0.4, -0.2) is 4.57 Å². The lowest BCUT2D eigenvalue weighted by Crippen LogP contribution is -2.11. The second-order valence-corrected chi connectivity index (χ2v) is 17.1. The number of anilines is 3. The van der Waals surface area contributed by atoms with E-state index >= 15 is 0 Å². The number of fused-ring (bicyclic) bond motifs is 11. The third-order valence-electron chi connectivity index (χ3n) is 12.6. The van der Waals surface area contributed by atoms with E-state index in [4.69, 9.17) is 4.42 Å². The quantitative estimate of drug-likeness (QED) is 0.167. The Morgan fingerprint density at radius 2 is 1.00 bits per heavy atom. The van der Waals surface area contributed by atoms with Crippen molar-refractivity contribution in [1.29, 1.82) is 0 Å². The van der Waals surface area contributed by atoms with E-state index < -0.39 is 0 Å². The molecule has 10 aromatic carbocycles. The number of thiophene rings is 1. The summed E-state index contributed by atoms with van der Waals surface area (Å²) in [5.41, 5.74) is 13.2. The van der Waals surface area contributed by atoms with Crippen molar-refractivity contribution in [3.63, 3.8) is 0 Å². The first-order valence-electron chi connectivity index (χ1n) is 21.1. The summed E-state index contributed by atoms with van der Waals surface area (Å²) in [6.07, 6.45) is 0. The Labute approximate surface area is 361 Å². The number of hydrogen-bond donors (Lipinski definition) is 0. The molecule has 3 aromatic heterocycles. The summed E-state index contributed by atoms with van der Waals surface area (Å²) in [4.78, 5) is 2.41. The van der Waals surface area contributed by atoms with Gasteiger partial charge in [0, 0.05) is 69.7 Å². The minimum absolute atomic E-state index is 0.880. The number of benzene rings is 10. The minimum atomic E-state index is 0.880. The second kappa shape index (κ2) is 13.8. The van der Waals surface area contributed by atoms with Gasteiger partial charge < -0.3 is 13.9 Å². The average Bonchev–Trinajstić information content (AvgIpc) is 4.03. The molecule has 0 bridgehead atoms. The van der Waals surface area contributed by atoms with Crippen LogP contribution in [0, 0.1) is 0 Å². The maximum Gasteiger partial charge on any atom is 0.143 e. The van der Waals surface area contributed by atoms with Crippen LogP contribution in [0.3, 0.4) is 0 Å². The van der Waals surface area contributed by atoms with Gasteiger partial charge >= 0.3 is 0 Å². The maximum atomic E-state index is 6.70. The highest BCUT2D eigenvalue weighted by atomic mass is 32.1. The van der Waals surface area contributed by atoms with Crippen LogP contribution in [0.15, 0.2) is 223 Å². The Morgan fingerprint density at radius 1 is 0.403 bits per heavy atom. The highest BCUT2D eigenvalue weighted by molar-refractivity contribution is 7.26. The van der Waals surface area contributed by atoms with Crippen LogP contribution in [0.4, 0.5) is 17.1 Å². The molecule has 0 saturated heterocycles. The maximum absolute atomic E-state index is 6.70. The molecule has 0 unspecified atom stereocenters. The van der Waals surface area contributed by atoms with E-state index in [-0.39, 0.29) is 0 Å². The Morgan fingerprint density at radius 3 is 1.79 bits per heavy atom. The summed E-state index contributed by atoms with van der Waals surface area (Å²) < 4.78 is 11.7. The molecule has 13 aromatic rings. The zero-order valence-electron chi connectivity index (χ0n) is 33.5. The van der Waals surface area contributed by atoms with Crippen LogP contribution in [0.1, 0.15) is 0 Å². The van der Waals surface area contributed by atoms with Gasteiger partial charge in [-0.2, -0.15) is 0 Å². The molecule has 0 saturated carbocycles. The van der Waals surface area contributed by atoms with Gasteiger partial charge in [-0.25, -0.2) is 0 Å². The largest absolute Gasteiger partial charge is 0.455 e. The van der Waals surface area contributed by atoms with Crippen LogP contribution < -0.4 is 4.90 Å². The monoisotopic (exact) mass is 808 g/mol. The number of hydrogen-bond acceptors (Lipinski definition) is 3. The van der Waals surface area contributed by atoms with Crippen LogP contribution in [0.25, 0.3) is 103 Å². The normalized spacial score (nSPS) is 11.9. The van der Waals surface area contributed by atoms with Crippen molar-refractivity contribution in [3.8, 4) is 27.9 Å². The van der Waals surface area contributed by atoms with Crippen LogP contribution in [-0.2, 0) is 0 Å². The number of furan rings is 1. The Hall–Kier alpha value is -7.92. The van der Waals surface area contributed by atoms with E-state index in [2.05, 4.69) is 228 Å². The predicted octanol–water partition coefficient (Wildman–Crippen LogP) is 17.0. The molecule has 62 heavy (non-hydrogen) atoms. The van der Waals surface area contributed by atoms with Gasteiger partial charge in [0.2, 0.25) is 0 Å². The zero-order valence-corrected chi connectivity index (χ0v) is 34.3. The molecule has 0 radical (unpaired) electrons. The van der Waals surface area contributed by atoms with Gasteiger partial charge in [0.15, 0.2) is 0 Å². The Balaban J connectivity index is 0.998. The van der Waals surface area contributed by atoms with Gasteiger partial charge in [-0.1, -0.05) is 146 Å². The van der Waals surface area contributed by atoms with Gasteiger partial charge in [0.05, 0.1) is 16.7 Å². The molecule has 290 valence electrons. The Bertz CT molecular complexity index is 3820. The molecular weight excluding hydrogens is 773 g/mol.